The third-order valence-electron chi connectivity index (χ3n) is 3.29. The number of hydrogen-bond acceptors (Lipinski definition) is 4. The van der Waals surface area contributed by atoms with E-state index in [1.54, 1.807) is 42.0 Å². The topological polar surface area (TPSA) is 71.5 Å². The minimum Gasteiger partial charge on any atom is -0.473 e. The number of carbonyl (C=O) groups excluding carboxylic acids is 1. The SMILES string of the molecule is O=C(NO)C(Oc1cccc2cccnc12)c1ccccc1. The third kappa shape index (κ3) is 2.75. The Balaban J connectivity index is 2.01. The van der Waals surface area contributed by atoms with Crippen molar-refractivity contribution in [3.05, 3.63) is 72.4 Å². The molecule has 0 spiro atoms. The molecule has 1 atom stereocenters. The summed E-state index contributed by atoms with van der Waals surface area (Å²) >= 11 is 0. The normalized spacial score (nSPS) is 11.9. The summed E-state index contributed by atoms with van der Waals surface area (Å²) in [7, 11) is 0. The molecule has 0 aliphatic heterocycles. The van der Waals surface area contributed by atoms with Gasteiger partial charge < -0.3 is 4.74 Å². The van der Waals surface area contributed by atoms with Crippen LogP contribution in [0.3, 0.4) is 0 Å². The van der Waals surface area contributed by atoms with Crippen molar-refractivity contribution in [2.45, 2.75) is 6.10 Å². The van der Waals surface area contributed by atoms with Crippen molar-refractivity contribution in [3.8, 4) is 5.75 Å². The van der Waals surface area contributed by atoms with E-state index in [2.05, 4.69) is 4.98 Å². The number of ether oxygens (including phenoxy) is 1. The lowest BCUT2D eigenvalue weighted by atomic mass is 10.1. The molecule has 0 aliphatic rings. The number of nitrogens with one attached hydrogen (secondary N) is 1. The van der Waals surface area contributed by atoms with Gasteiger partial charge in [-0.2, -0.15) is 0 Å². The summed E-state index contributed by atoms with van der Waals surface area (Å²) < 4.78 is 5.83. The largest absolute Gasteiger partial charge is 0.473 e. The molecule has 5 heteroatoms. The van der Waals surface area contributed by atoms with Crippen LogP contribution in [0.25, 0.3) is 10.9 Å². The fraction of sp³-hybridized carbons (Fsp3) is 0.0588. The Morgan fingerprint density at radius 3 is 2.59 bits per heavy atom. The highest BCUT2D eigenvalue weighted by molar-refractivity contribution is 5.86. The molecule has 1 heterocycles. The maximum Gasteiger partial charge on any atom is 0.289 e. The molecule has 2 N–H and O–H groups in total. The maximum absolute atomic E-state index is 11.9. The molecule has 1 unspecified atom stereocenters. The Hall–Kier alpha value is -2.92. The number of amides is 1. The van der Waals surface area contributed by atoms with Crippen LogP contribution in [0.1, 0.15) is 11.7 Å². The molecule has 0 fully saturated rings. The molecule has 0 bridgehead atoms. The minimum atomic E-state index is -0.959. The monoisotopic (exact) mass is 294 g/mol. The summed E-state index contributed by atoms with van der Waals surface area (Å²) in [5.41, 5.74) is 2.95. The van der Waals surface area contributed by atoms with Gasteiger partial charge in [-0.05, 0) is 12.1 Å². The van der Waals surface area contributed by atoms with Crippen LogP contribution in [0.15, 0.2) is 66.9 Å². The Morgan fingerprint density at radius 2 is 1.82 bits per heavy atom. The van der Waals surface area contributed by atoms with Crippen molar-refractivity contribution < 1.29 is 14.7 Å². The molecule has 3 rings (SSSR count). The first-order valence-corrected chi connectivity index (χ1v) is 6.79. The zero-order valence-corrected chi connectivity index (χ0v) is 11.6. The van der Waals surface area contributed by atoms with Crippen LogP contribution in [0.4, 0.5) is 0 Å². The minimum absolute atomic E-state index is 0.482. The molecule has 22 heavy (non-hydrogen) atoms. The first-order valence-electron chi connectivity index (χ1n) is 6.79. The average molecular weight is 294 g/mol. The van der Waals surface area contributed by atoms with E-state index in [1.807, 2.05) is 30.3 Å². The van der Waals surface area contributed by atoms with Crippen LogP contribution >= 0.6 is 0 Å². The molecule has 0 aliphatic carbocycles. The molecule has 2 aromatic carbocycles. The van der Waals surface area contributed by atoms with Gasteiger partial charge in [0.15, 0.2) is 0 Å². The summed E-state index contributed by atoms with van der Waals surface area (Å²) in [4.78, 5) is 16.2. The van der Waals surface area contributed by atoms with Gasteiger partial charge in [0.2, 0.25) is 6.10 Å². The standard InChI is InChI=1S/C17H14N2O3/c20-17(19-21)16(13-6-2-1-3-7-13)22-14-10-4-8-12-9-5-11-18-15(12)14/h1-11,16,21H,(H,19,20). The van der Waals surface area contributed by atoms with E-state index in [1.165, 1.54) is 0 Å². The van der Waals surface area contributed by atoms with E-state index in [9.17, 15) is 4.79 Å². The van der Waals surface area contributed by atoms with Crippen molar-refractivity contribution in [2.24, 2.45) is 0 Å². The number of pyridine rings is 1. The molecule has 5 nitrogen and oxygen atoms in total. The van der Waals surface area contributed by atoms with Gasteiger partial charge in [-0.25, -0.2) is 5.48 Å². The zero-order chi connectivity index (χ0) is 15.4. The smallest absolute Gasteiger partial charge is 0.289 e. The summed E-state index contributed by atoms with van der Waals surface area (Å²) in [5.74, 6) is -0.158. The summed E-state index contributed by atoms with van der Waals surface area (Å²) in [6, 6.07) is 18.2. The van der Waals surface area contributed by atoms with Gasteiger partial charge in [0, 0.05) is 17.1 Å². The van der Waals surface area contributed by atoms with Gasteiger partial charge in [0.25, 0.3) is 5.91 Å². The molecule has 0 saturated heterocycles. The predicted molar refractivity (Wildman–Crippen MR) is 81.5 cm³/mol. The van der Waals surface area contributed by atoms with Crippen LogP contribution in [0, 0.1) is 0 Å². The van der Waals surface area contributed by atoms with E-state index >= 15 is 0 Å². The number of hydrogen-bond donors (Lipinski definition) is 2. The summed E-state index contributed by atoms with van der Waals surface area (Å²) in [6.45, 7) is 0. The third-order valence-corrected chi connectivity index (χ3v) is 3.29. The average Bonchev–Trinajstić information content (AvgIpc) is 2.60. The van der Waals surface area contributed by atoms with Crippen molar-refractivity contribution in [1.29, 1.82) is 0 Å². The molecule has 0 saturated carbocycles. The highest BCUT2D eigenvalue weighted by atomic mass is 16.5. The Kier molecular flexibility index (Phi) is 3.98. The maximum atomic E-state index is 11.9. The number of carbonyl (C=O) groups is 1. The van der Waals surface area contributed by atoms with Crippen molar-refractivity contribution in [3.63, 3.8) is 0 Å². The van der Waals surface area contributed by atoms with Gasteiger partial charge in [0.1, 0.15) is 11.3 Å². The fourth-order valence-electron chi connectivity index (χ4n) is 2.26. The van der Waals surface area contributed by atoms with E-state index in [0.717, 1.165) is 5.39 Å². The highest BCUT2D eigenvalue weighted by Crippen LogP contribution is 2.28. The molecular formula is C17H14N2O3. The van der Waals surface area contributed by atoms with Gasteiger partial charge in [-0.3, -0.25) is 15.0 Å². The molecule has 0 radical (unpaired) electrons. The second kappa shape index (κ2) is 6.24. The van der Waals surface area contributed by atoms with Crippen LogP contribution in [-0.2, 0) is 4.79 Å². The van der Waals surface area contributed by atoms with Crippen LogP contribution in [-0.4, -0.2) is 16.1 Å². The number of para-hydroxylation sites is 1. The predicted octanol–water partition coefficient (Wildman–Crippen LogP) is 2.86. The van der Waals surface area contributed by atoms with Crippen LogP contribution < -0.4 is 10.2 Å². The van der Waals surface area contributed by atoms with Crippen molar-refractivity contribution in [2.75, 3.05) is 0 Å². The van der Waals surface area contributed by atoms with Gasteiger partial charge in [0.05, 0.1) is 0 Å². The van der Waals surface area contributed by atoms with Gasteiger partial charge >= 0.3 is 0 Å². The Labute approximate surface area is 127 Å². The van der Waals surface area contributed by atoms with Gasteiger partial charge in [-0.15, -0.1) is 0 Å². The molecule has 110 valence electrons. The highest BCUT2D eigenvalue weighted by Gasteiger charge is 2.23. The second-order valence-electron chi connectivity index (χ2n) is 4.72. The van der Waals surface area contributed by atoms with Gasteiger partial charge in [-0.1, -0.05) is 48.5 Å². The number of aromatic nitrogens is 1. The van der Waals surface area contributed by atoms with Crippen molar-refractivity contribution >= 4 is 16.8 Å². The van der Waals surface area contributed by atoms with E-state index in [4.69, 9.17) is 9.94 Å². The molecule has 3 aromatic rings. The summed E-state index contributed by atoms with van der Waals surface area (Å²) in [6.07, 6.45) is 0.706. The van der Waals surface area contributed by atoms with E-state index in [0.29, 0.717) is 16.8 Å². The lowest BCUT2D eigenvalue weighted by molar-refractivity contribution is -0.136. The lowest BCUT2D eigenvalue weighted by Gasteiger charge is -2.18. The van der Waals surface area contributed by atoms with Crippen LogP contribution in [0.2, 0.25) is 0 Å². The number of hydroxylamine groups is 1. The summed E-state index contributed by atoms with van der Waals surface area (Å²) in [5, 5.41) is 9.88. The second-order valence-corrected chi connectivity index (χ2v) is 4.72. The first-order chi connectivity index (χ1) is 10.8. The number of rotatable bonds is 4. The first kappa shape index (κ1) is 14.0. The number of nitrogens with zero attached hydrogens (tertiary/aromatic N) is 1. The molecule has 1 amide bonds. The van der Waals surface area contributed by atoms with Crippen LogP contribution in [0.5, 0.6) is 5.75 Å². The molecular weight excluding hydrogens is 280 g/mol. The number of benzene rings is 2. The lowest BCUT2D eigenvalue weighted by Crippen LogP contribution is -2.30. The Bertz CT molecular complexity index is 785. The zero-order valence-electron chi connectivity index (χ0n) is 11.6. The molecule has 1 aromatic heterocycles. The fourth-order valence-corrected chi connectivity index (χ4v) is 2.26. The number of fused-ring (bicyclic) bond motifs is 1. The quantitative estimate of drug-likeness (QED) is 0.573. The van der Waals surface area contributed by atoms with E-state index < -0.39 is 12.0 Å². The van der Waals surface area contributed by atoms with Crippen molar-refractivity contribution in [1.82, 2.24) is 10.5 Å². The Morgan fingerprint density at radius 1 is 1.05 bits per heavy atom. The van der Waals surface area contributed by atoms with E-state index in [-0.39, 0.29) is 0 Å².